The lowest BCUT2D eigenvalue weighted by atomic mass is 10.0. The van der Waals surface area contributed by atoms with E-state index in [0.717, 1.165) is 89.2 Å². The Hall–Kier alpha value is -5.04. The first-order valence-corrected chi connectivity index (χ1v) is 26.5. The van der Waals surface area contributed by atoms with Crippen LogP contribution in [0, 0.1) is 0 Å². The average molecular weight is 1020 g/mol. The maximum absolute atomic E-state index is 14.3. The van der Waals surface area contributed by atoms with Gasteiger partial charge >= 0.3 is 6.09 Å². The Bertz CT molecular complexity index is 1930. The quantitative estimate of drug-likeness (QED) is 0.0604. The highest BCUT2D eigenvalue weighted by Gasteiger charge is 2.35. The van der Waals surface area contributed by atoms with Gasteiger partial charge in [0.15, 0.2) is 0 Å². The van der Waals surface area contributed by atoms with Gasteiger partial charge in [0.2, 0.25) is 29.5 Å². The number of nitrogens with zero attached hydrogens (tertiary/aromatic N) is 3. The second-order valence-electron chi connectivity index (χ2n) is 18.1. The highest BCUT2D eigenvalue weighted by Crippen LogP contribution is 2.29. The Morgan fingerprint density at radius 1 is 0.629 bits per heavy atom. The van der Waals surface area contributed by atoms with Crippen LogP contribution >= 0.6 is 23.5 Å². The molecule has 2 aromatic carbocycles. The first-order valence-electron chi connectivity index (χ1n) is 24.2. The lowest BCUT2D eigenvalue weighted by molar-refractivity contribution is -0.147. The molecule has 70 heavy (non-hydrogen) atoms. The molecular weight excluding hydrogens is 937 g/mol. The molecule has 0 fully saturated rings. The standard InChI is InChI=1S/C51H82N6O11S2/c1-51(2,3)68-50(63)56(6)29-28-55(5)49(62)42(34-47(60)52-4)57(7)48(61)41(54-46(59)22-15-13-19-31-70-36-38-24-26-40(65-9)33-44(38)67-11)20-16-17-27-53-45(58)21-14-12-18-30-69-35-37-23-25-39(64-8)32-43(37)66-10/h23-26,32-33,41-42H,12-22,27-31,34-36H2,1-11H3,(H,52,60)(H,53,58)(H,54,59)/t41-,42-/m0/s1. The van der Waals surface area contributed by atoms with Crippen LogP contribution in [0.4, 0.5) is 4.79 Å². The lowest BCUT2D eigenvalue weighted by Crippen LogP contribution is -2.56. The largest absolute Gasteiger partial charge is 0.497 e. The van der Waals surface area contributed by atoms with E-state index in [2.05, 4.69) is 16.0 Å². The van der Waals surface area contributed by atoms with Gasteiger partial charge in [-0.3, -0.25) is 24.0 Å². The number of ether oxygens (including phenoxy) is 5. The van der Waals surface area contributed by atoms with Gasteiger partial charge in [-0.25, -0.2) is 4.79 Å². The van der Waals surface area contributed by atoms with Crippen molar-refractivity contribution in [2.75, 3.05) is 87.8 Å². The van der Waals surface area contributed by atoms with Crippen molar-refractivity contribution in [1.82, 2.24) is 30.7 Å². The molecule has 0 heterocycles. The van der Waals surface area contributed by atoms with E-state index in [-0.39, 0.29) is 44.2 Å². The van der Waals surface area contributed by atoms with Crippen molar-refractivity contribution >= 4 is 59.2 Å². The molecule has 2 atom stereocenters. The van der Waals surface area contributed by atoms with Crippen molar-refractivity contribution in [1.29, 1.82) is 0 Å². The first kappa shape index (κ1) is 61.1. The van der Waals surface area contributed by atoms with Gasteiger partial charge in [-0.05, 0) is 89.4 Å². The molecule has 6 amide bonds. The summed E-state index contributed by atoms with van der Waals surface area (Å²) >= 11 is 3.61. The molecule has 2 rings (SSSR count). The Morgan fingerprint density at radius 2 is 1.16 bits per heavy atom. The van der Waals surface area contributed by atoms with Gasteiger partial charge in [-0.15, -0.1) is 0 Å². The number of hydrogen-bond donors (Lipinski definition) is 3. The summed E-state index contributed by atoms with van der Waals surface area (Å²) in [4.78, 5) is 83.6. The van der Waals surface area contributed by atoms with Gasteiger partial charge in [0.1, 0.15) is 40.7 Å². The van der Waals surface area contributed by atoms with E-state index in [1.54, 1.807) is 75.1 Å². The second-order valence-corrected chi connectivity index (χ2v) is 20.3. The van der Waals surface area contributed by atoms with E-state index in [4.69, 9.17) is 23.7 Å². The third-order valence-corrected chi connectivity index (χ3v) is 13.6. The number of hydrogen-bond acceptors (Lipinski definition) is 13. The van der Waals surface area contributed by atoms with Crippen molar-refractivity contribution < 1.29 is 52.5 Å². The molecule has 0 radical (unpaired) electrons. The molecule has 0 spiro atoms. The van der Waals surface area contributed by atoms with Crippen molar-refractivity contribution in [3.8, 4) is 23.0 Å². The molecule has 0 unspecified atom stereocenters. The summed E-state index contributed by atoms with van der Waals surface area (Å²) in [6, 6.07) is 9.44. The maximum Gasteiger partial charge on any atom is 0.410 e. The highest BCUT2D eigenvalue weighted by molar-refractivity contribution is 7.98. The Balaban J connectivity index is 1.98. The SMILES string of the molecule is CNC(=O)C[C@@H](C(=O)N(C)CCN(C)C(=O)OC(C)(C)C)N(C)C(=O)[C@H](CCCCNC(=O)CCCCCSCc1ccc(OC)cc1OC)NC(=O)CCCCCSCc1ccc(OC)cc1OC. The minimum absolute atomic E-state index is 0.0351. The van der Waals surface area contributed by atoms with Crippen LogP contribution in [0.25, 0.3) is 0 Å². The van der Waals surface area contributed by atoms with Gasteiger partial charge in [-0.2, -0.15) is 23.5 Å². The number of benzene rings is 2. The summed E-state index contributed by atoms with van der Waals surface area (Å²) in [5, 5.41) is 8.46. The Labute approximate surface area is 425 Å². The number of carbonyl (C=O) groups is 6. The summed E-state index contributed by atoms with van der Waals surface area (Å²) in [6.07, 6.45) is 6.14. The normalized spacial score (nSPS) is 11.9. The summed E-state index contributed by atoms with van der Waals surface area (Å²) in [5.41, 5.74) is 1.49. The smallest absolute Gasteiger partial charge is 0.410 e. The fraction of sp³-hybridized carbons (Fsp3) is 0.647. The number of amides is 6. The number of nitrogens with one attached hydrogen (secondary N) is 3. The number of unbranched alkanes of at least 4 members (excludes halogenated alkanes) is 5. The van der Waals surface area contributed by atoms with Gasteiger partial charge < -0.3 is 54.3 Å². The summed E-state index contributed by atoms with van der Waals surface area (Å²) in [6.45, 7) is 5.96. The van der Waals surface area contributed by atoms with E-state index in [9.17, 15) is 28.8 Å². The van der Waals surface area contributed by atoms with Crippen molar-refractivity contribution in [2.45, 2.75) is 127 Å². The molecule has 0 aliphatic rings. The van der Waals surface area contributed by atoms with Crippen LogP contribution < -0.4 is 34.9 Å². The monoisotopic (exact) mass is 1020 g/mol. The second kappa shape index (κ2) is 33.5. The van der Waals surface area contributed by atoms with Gasteiger partial charge in [-0.1, -0.05) is 25.0 Å². The van der Waals surface area contributed by atoms with Gasteiger partial charge in [0.25, 0.3) is 0 Å². The molecule has 0 saturated carbocycles. The summed E-state index contributed by atoms with van der Waals surface area (Å²) in [5.74, 6) is 4.76. The molecule has 0 aliphatic heterocycles. The molecule has 0 aliphatic carbocycles. The zero-order chi connectivity index (χ0) is 52.1. The van der Waals surface area contributed by atoms with E-state index in [1.807, 2.05) is 48.2 Å². The number of carbonyl (C=O) groups excluding carboxylic acids is 6. The molecule has 3 N–H and O–H groups in total. The van der Waals surface area contributed by atoms with Crippen LogP contribution in [0.1, 0.15) is 109 Å². The molecule has 394 valence electrons. The predicted octanol–water partition coefficient (Wildman–Crippen LogP) is 7.07. The number of rotatable bonds is 34. The highest BCUT2D eigenvalue weighted by atomic mass is 32.2. The van der Waals surface area contributed by atoms with Gasteiger partial charge in [0, 0.05) is 95.4 Å². The average Bonchev–Trinajstić information content (AvgIpc) is 3.34. The first-order chi connectivity index (χ1) is 33.4. The number of likely N-dealkylation sites (N-methyl/N-ethyl adjacent to an activating group) is 3. The van der Waals surface area contributed by atoms with Crippen molar-refractivity contribution in [3.63, 3.8) is 0 Å². The number of thioether (sulfide) groups is 2. The molecule has 2 aromatic rings. The third-order valence-electron chi connectivity index (χ3n) is 11.4. The van der Waals surface area contributed by atoms with Crippen molar-refractivity contribution in [2.24, 2.45) is 0 Å². The molecule has 19 heteroatoms. The maximum atomic E-state index is 14.3. The van der Waals surface area contributed by atoms with Crippen LogP contribution in [0.3, 0.4) is 0 Å². The van der Waals surface area contributed by atoms with Crippen LogP contribution in [0.2, 0.25) is 0 Å². The Morgan fingerprint density at radius 3 is 1.66 bits per heavy atom. The molecular formula is C51H82N6O11S2. The third kappa shape index (κ3) is 23.7. The molecule has 17 nitrogen and oxygen atoms in total. The van der Waals surface area contributed by atoms with Crippen LogP contribution in [-0.4, -0.2) is 156 Å². The zero-order valence-corrected chi connectivity index (χ0v) is 45.3. The minimum Gasteiger partial charge on any atom is -0.497 e. The summed E-state index contributed by atoms with van der Waals surface area (Å²) in [7, 11) is 12.6. The topological polar surface area (TPSA) is 194 Å². The molecule has 0 bridgehead atoms. The van der Waals surface area contributed by atoms with E-state index < -0.39 is 41.5 Å². The van der Waals surface area contributed by atoms with Gasteiger partial charge in [0.05, 0.1) is 34.9 Å². The zero-order valence-electron chi connectivity index (χ0n) is 43.7. The number of methoxy groups -OCH3 is 4. The fourth-order valence-electron chi connectivity index (χ4n) is 7.12. The van der Waals surface area contributed by atoms with E-state index in [0.29, 0.717) is 32.2 Å². The van der Waals surface area contributed by atoms with Crippen LogP contribution in [-0.2, 0) is 40.2 Å². The lowest BCUT2D eigenvalue weighted by Gasteiger charge is -2.33. The fourth-order valence-corrected chi connectivity index (χ4v) is 9.14. The van der Waals surface area contributed by atoms with Crippen molar-refractivity contribution in [3.05, 3.63) is 47.5 Å². The minimum atomic E-state index is -1.19. The molecule has 0 saturated heterocycles. The van der Waals surface area contributed by atoms with E-state index >= 15 is 0 Å². The Kier molecular flexibility index (Phi) is 29.3. The van der Waals surface area contributed by atoms with Crippen LogP contribution in [0.5, 0.6) is 23.0 Å². The van der Waals surface area contributed by atoms with E-state index in [1.165, 1.54) is 28.8 Å². The van der Waals surface area contributed by atoms with Crippen LogP contribution in [0.15, 0.2) is 36.4 Å². The summed E-state index contributed by atoms with van der Waals surface area (Å²) < 4.78 is 27.0. The molecule has 0 aromatic heterocycles. The predicted molar refractivity (Wildman–Crippen MR) is 279 cm³/mol.